The molecule has 6 rings (SSSR count). The fraction of sp³-hybridized carbons (Fsp3) is 0.571. The summed E-state index contributed by atoms with van der Waals surface area (Å²) in [5.74, 6) is 1.83. The van der Waals surface area contributed by atoms with Crippen molar-refractivity contribution in [2.75, 3.05) is 52.5 Å². The molecule has 2 bridgehead atoms. The summed E-state index contributed by atoms with van der Waals surface area (Å²) in [5.41, 5.74) is 2.58. The second-order valence-electron chi connectivity index (χ2n) is 8.23. The third-order valence-corrected chi connectivity index (χ3v) is 7.53. The maximum Gasteiger partial charge on any atom is 0.235 e. The van der Waals surface area contributed by atoms with Gasteiger partial charge in [-0.1, -0.05) is 17.7 Å². The molecule has 4 nitrogen and oxygen atoms in total. The number of pyridine rings is 1. The fourth-order valence-corrected chi connectivity index (χ4v) is 5.74. The highest BCUT2D eigenvalue weighted by Gasteiger charge is 2.43. The summed E-state index contributed by atoms with van der Waals surface area (Å²) in [7, 11) is 0. The maximum absolute atomic E-state index is 5.61. The minimum absolute atomic E-state index is 0.506. The molecule has 0 atom stereocenters. The van der Waals surface area contributed by atoms with Crippen LogP contribution in [0, 0.1) is 6.92 Å². The van der Waals surface area contributed by atoms with Gasteiger partial charge in [0.25, 0.3) is 0 Å². The fourth-order valence-electron chi connectivity index (χ4n) is 4.99. The molecular weight excluding hydrogens is 390 g/mol. The SMILES string of the molecule is Cc1ccc2c(Br)c(C3CCOCC3)nc([N+]34CCN(CC3)CC4)c2c1. The lowest BCUT2D eigenvalue weighted by molar-refractivity contribution is 0.0659. The normalized spacial score (nSPS) is 29.4. The van der Waals surface area contributed by atoms with Gasteiger partial charge in [0.05, 0.1) is 30.7 Å². The van der Waals surface area contributed by atoms with Crippen LogP contribution in [0.25, 0.3) is 10.8 Å². The van der Waals surface area contributed by atoms with E-state index >= 15 is 0 Å². The van der Waals surface area contributed by atoms with Crippen molar-refractivity contribution in [3.05, 3.63) is 33.9 Å². The van der Waals surface area contributed by atoms with Crippen molar-refractivity contribution in [3.63, 3.8) is 0 Å². The molecule has 138 valence electrons. The Hall–Kier alpha value is -1.01. The van der Waals surface area contributed by atoms with Crippen molar-refractivity contribution < 1.29 is 4.74 Å². The number of nitrogens with zero attached hydrogens (tertiary/aromatic N) is 3. The average molecular weight is 417 g/mol. The molecule has 1 aromatic heterocycles. The van der Waals surface area contributed by atoms with Crippen molar-refractivity contribution in [2.24, 2.45) is 0 Å². The van der Waals surface area contributed by atoms with Crippen molar-refractivity contribution in [1.82, 2.24) is 14.4 Å². The number of halogens is 1. The molecule has 4 aliphatic rings. The monoisotopic (exact) mass is 416 g/mol. The summed E-state index contributed by atoms with van der Waals surface area (Å²) in [6.07, 6.45) is 2.16. The van der Waals surface area contributed by atoms with E-state index in [1.165, 1.54) is 71.6 Å². The lowest BCUT2D eigenvalue weighted by Crippen LogP contribution is -2.68. The van der Waals surface area contributed by atoms with E-state index in [0.29, 0.717) is 5.92 Å². The van der Waals surface area contributed by atoms with Gasteiger partial charge in [-0.05, 0) is 41.8 Å². The molecule has 5 heterocycles. The molecule has 1 aromatic carbocycles. The van der Waals surface area contributed by atoms with Crippen LogP contribution in [-0.2, 0) is 4.74 Å². The van der Waals surface area contributed by atoms with Gasteiger partial charge in [0.1, 0.15) is 0 Å². The van der Waals surface area contributed by atoms with Crippen LogP contribution in [0.4, 0.5) is 5.82 Å². The van der Waals surface area contributed by atoms with Crippen LogP contribution in [0.3, 0.4) is 0 Å². The zero-order valence-electron chi connectivity index (χ0n) is 15.5. The van der Waals surface area contributed by atoms with Crippen LogP contribution < -0.4 is 4.48 Å². The summed E-state index contributed by atoms with van der Waals surface area (Å²) >= 11 is 3.93. The van der Waals surface area contributed by atoms with Gasteiger partial charge >= 0.3 is 0 Å². The van der Waals surface area contributed by atoms with E-state index in [0.717, 1.165) is 30.5 Å². The minimum atomic E-state index is 0.506. The van der Waals surface area contributed by atoms with Crippen LogP contribution in [0.15, 0.2) is 22.7 Å². The largest absolute Gasteiger partial charge is 0.381 e. The highest BCUT2D eigenvalue weighted by molar-refractivity contribution is 9.10. The summed E-state index contributed by atoms with van der Waals surface area (Å²) in [5, 5.41) is 2.69. The van der Waals surface area contributed by atoms with Gasteiger partial charge in [-0.3, -0.25) is 9.38 Å². The Morgan fingerprint density at radius 3 is 2.46 bits per heavy atom. The number of aromatic nitrogens is 1. The Bertz CT molecular complexity index is 825. The predicted octanol–water partition coefficient (Wildman–Crippen LogP) is 3.84. The lowest BCUT2D eigenvalue weighted by atomic mass is 9.93. The number of ether oxygens (including phenoxy) is 1. The van der Waals surface area contributed by atoms with Crippen LogP contribution >= 0.6 is 15.9 Å². The molecule has 0 saturated carbocycles. The Morgan fingerprint density at radius 2 is 1.77 bits per heavy atom. The summed E-state index contributed by atoms with van der Waals surface area (Å²) < 4.78 is 7.88. The van der Waals surface area contributed by atoms with Crippen LogP contribution in [0.2, 0.25) is 0 Å². The molecule has 0 spiro atoms. The molecule has 0 unspecified atom stereocenters. The molecule has 5 heteroatoms. The van der Waals surface area contributed by atoms with Crippen LogP contribution in [0.5, 0.6) is 0 Å². The average Bonchev–Trinajstić information content (AvgIpc) is 2.70. The molecule has 0 amide bonds. The van der Waals surface area contributed by atoms with Crippen molar-refractivity contribution in [2.45, 2.75) is 25.7 Å². The number of aryl methyl sites for hydroxylation is 1. The second kappa shape index (κ2) is 6.55. The van der Waals surface area contributed by atoms with Crippen LogP contribution in [0.1, 0.15) is 30.0 Å². The van der Waals surface area contributed by atoms with Crippen molar-refractivity contribution in [3.8, 4) is 0 Å². The van der Waals surface area contributed by atoms with E-state index in [-0.39, 0.29) is 0 Å². The van der Waals surface area contributed by atoms with E-state index in [1.807, 2.05) is 0 Å². The first-order valence-electron chi connectivity index (χ1n) is 9.93. The number of piperazine rings is 3. The smallest absolute Gasteiger partial charge is 0.235 e. The van der Waals surface area contributed by atoms with Gasteiger partial charge in [0.2, 0.25) is 5.82 Å². The third kappa shape index (κ3) is 2.71. The number of quaternary nitrogens is 1. The molecule has 4 fully saturated rings. The van der Waals surface area contributed by atoms with Gasteiger partial charge in [-0.25, -0.2) is 0 Å². The van der Waals surface area contributed by atoms with E-state index in [9.17, 15) is 0 Å². The Labute approximate surface area is 163 Å². The maximum atomic E-state index is 5.61. The second-order valence-corrected chi connectivity index (χ2v) is 9.02. The van der Waals surface area contributed by atoms with Crippen LogP contribution in [-0.4, -0.2) is 62.4 Å². The number of rotatable bonds is 2. The minimum Gasteiger partial charge on any atom is -0.381 e. The van der Waals surface area contributed by atoms with Gasteiger partial charge in [0.15, 0.2) is 0 Å². The van der Waals surface area contributed by atoms with E-state index in [1.54, 1.807) is 0 Å². The molecule has 0 radical (unpaired) electrons. The van der Waals surface area contributed by atoms with E-state index < -0.39 is 0 Å². The highest BCUT2D eigenvalue weighted by Crippen LogP contribution is 2.42. The zero-order chi connectivity index (χ0) is 17.7. The van der Waals surface area contributed by atoms with E-state index in [2.05, 4.69) is 46.0 Å². The van der Waals surface area contributed by atoms with Crippen molar-refractivity contribution in [1.29, 1.82) is 0 Å². The number of benzene rings is 1. The van der Waals surface area contributed by atoms with Gasteiger partial charge in [0, 0.05) is 48.6 Å². The topological polar surface area (TPSA) is 25.4 Å². The molecule has 0 aliphatic carbocycles. The third-order valence-electron chi connectivity index (χ3n) is 6.69. The Morgan fingerprint density at radius 1 is 1.08 bits per heavy atom. The summed E-state index contributed by atoms with van der Waals surface area (Å²) in [6, 6.07) is 6.88. The zero-order valence-corrected chi connectivity index (χ0v) is 17.1. The lowest BCUT2D eigenvalue weighted by Gasteiger charge is -2.49. The molecule has 0 N–H and O–H groups in total. The molecule has 26 heavy (non-hydrogen) atoms. The summed E-state index contributed by atoms with van der Waals surface area (Å²) in [6.45, 7) is 11.1. The molecule has 4 saturated heterocycles. The molecule has 4 aliphatic heterocycles. The van der Waals surface area contributed by atoms with Gasteiger partial charge < -0.3 is 4.74 Å². The number of hydrogen-bond acceptors (Lipinski definition) is 3. The first kappa shape index (κ1) is 17.1. The Balaban J connectivity index is 1.72. The first-order chi connectivity index (χ1) is 12.7. The number of fused-ring (bicyclic) bond motifs is 4. The first-order valence-corrected chi connectivity index (χ1v) is 10.7. The number of hydrogen-bond donors (Lipinski definition) is 0. The van der Waals surface area contributed by atoms with Gasteiger partial charge in [-0.2, -0.15) is 4.98 Å². The van der Waals surface area contributed by atoms with E-state index in [4.69, 9.17) is 9.72 Å². The quantitative estimate of drug-likeness (QED) is 0.695. The Kier molecular flexibility index (Phi) is 4.31. The van der Waals surface area contributed by atoms with Crippen molar-refractivity contribution >= 4 is 32.5 Å². The predicted molar refractivity (Wildman–Crippen MR) is 110 cm³/mol. The highest BCUT2D eigenvalue weighted by atomic mass is 79.9. The summed E-state index contributed by atoms with van der Waals surface area (Å²) in [4.78, 5) is 8.01. The molecule has 2 aromatic rings. The van der Waals surface area contributed by atoms with Gasteiger partial charge in [-0.15, -0.1) is 0 Å². The standard InChI is InChI=1S/C21H27BrN3O/c1-15-2-3-17-18(14-15)21(25-9-6-24(7-10-25)8-11-25)23-20(19(17)22)16-4-12-26-13-5-16/h2-3,14,16H,4-13H2,1H3/q+1. The molecular formula is C21H27BrN3O+.